The Balaban J connectivity index is 1.47. The van der Waals surface area contributed by atoms with Crippen LogP contribution in [0.15, 0.2) is 101 Å². The molecule has 0 aliphatic heterocycles. The molecule has 0 saturated heterocycles. The van der Waals surface area contributed by atoms with Crippen LogP contribution in [-0.4, -0.2) is 26.0 Å². The van der Waals surface area contributed by atoms with Crippen molar-refractivity contribution >= 4 is 40.2 Å². The Kier molecular flexibility index (Phi) is 6.77. The molecule has 3 aromatic carbocycles. The molecule has 36 heavy (non-hydrogen) atoms. The summed E-state index contributed by atoms with van der Waals surface area (Å²) in [4.78, 5) is 28.0. The zero-order valence-corrected chi connectivity index (χ0v) is 20.3. The predicted molar refractivity (Wildman–Crippen MR) is 142 cm³/mol. The molecule has 0 bridgehead atoms. The normalized spacial score (nSPS) is 10.8. The minimum atomic E-state index is -0.173. The molecule has 0 spiro atoms. The number of carbonyl (C=O) groups excluding carboxylic acids is 1. The zero-order valence-electron chi connectivity index (χ0n) is 19.5. The van der Waals surface area contributed by atoms with Crippen molar-refractivity contribution in [1.29, 1.82) is 0 Å². The summed E-state index contributed by atoms with van der Waals surface area (Å²) < 4.78 is 0. The molecule has 3 N–H and O–H groups in total. The molecule has 5 aromatic rings. The highest BCUT2D eigenvalue weighted by atomic mass is 32.2. The lowest BCUT2D eigenvalue weighted by molar-refractivity contribution is 0.0951. The van der Waals surface area contributed by atoms with Gasteiger partial charge >= 0.3 is 0 Å². The van der Waals surface area contributed by atoms with Crippen LogP contribution >= 0.6 is 11.8 Å². The maximum Gasteiger partial charge on any atom is 0.251 e. The molecule has 2 aromatic heterocycles. The van der Waals surface area contributed by atoms with Gasteiger partial charge in [0.1, 0.15) is 17.9 Å². The van der Waals surface area contributed by atoms with E-state index in [1.807, 2.05) is 73.7 Å². The molecular formula is C28H23N5O2S. The number of nitrogens with zero attached hydrogens (tertiary/aromatic N) is 3. The van der Waals surface area contributed by atoms with E-state index in [4.69, 9.17) is 0 Å². The maximum atomic E-state index is 13.0. The third kappa shape index (κ3) is 5.45. The van der Waals surface area contributed by atoms with Gasteiger partial charge in [-0.1, -0.05) is 42.1 Å². The van der Waals surface area contributed by atoms with E-state index >= 15 is 0 Å². The van der Waals surface area contributed by atoms with Gasteiger partial charge < -0.3 is 15.7 Å². The van der Waals surface area contributed by atoms with Crippen molar-refractivity contribution in [2.45, 2.75) is 23.3 Å². The van der Waals surface area contributed by atoms with Gasteiger partial charge in [-0.05, 0) is 67.1 Å². The minimum Gasteiger partial charge on any atom is -0.508 e. The molecule has 0 atom stereocenters. The molecule has 5 rings (SSSR count). The van der Waals surface area contributed by atoms with Crippen LogP contribution in [0.1, 0.15) is 21.6 Å². The van der Waals surface area contributed by atoms with Crippen LogP contribution in [0.3, 0.4) is 0 Å². The summed E-state index contributed by atoms with van der Waals surface area (Å²) in [5, 5.41) is 16.8. The summed E-state index contributed by atoms with van der Waals surface area (Å²) in [6, 6.07) is 26.1. The van der Waals surface area contributed by atoms with E-state index in [9.17, 15) is 9.90 Å². The fourth-order valence-electron chi connectivity index (χ4n) is 3.64. The van der Waals surface area contributed by atoms with Gasteiger partial charge in [0.05, 0.1) is 11.1 Å². The first kappa shape index (κ1) is 23.3. The molecule has 0 fully saturated rings. The number of phenols is 1. The quantitative estimate of drug-likeness (QED) is 0.261. The monoisotopic (exact) mass is 493 g/mol. The van der Waals surface area contributed by atoms with Crippen LogP contribution in [0.5, 0.6) is 5.75 Å². The average molecular weight is 494 g/mol. The number of pyridine rings is 1. The average Bonchev–Trinajstić information content (AvgIpc) is 2.90. The van der Waals surface area contributed by atoms with E-state index in [0.717, 1.165) is 32.1 Å². The highest BCUT2D eigenvalue weighted by Gasteiger charge is 2.14. The van der Waals surface area contributed by atoms with Crippen LogP contribution in [0.25, 0.3) is 11.0 Å². The number of aryl methyl sites for hydroxylation is 1. The number of rotatable bonds is 7. The molecule has 0 radical (unpaired) electrons. The van der Waals surface area contributed by atoms with Gasteiger partial charge in [-0.15, -0.1) is 0 Å². The van der Waals surface area contributed by atoms with Crippen molar-refractivity contribution in [2.75, 3.05) is 5.32 Å². The first-order valence-corrected chi connectivity index (χ1v) is 12.2. The second-order valence-electron chi connectivity index (χ2n) is 8.15. The van der Waals surface area contributed by atoms with E-state index in [2.05, 4.69) is 25.6 Å². The van der Waals surface area contributed by atoms with Gasteiger partial charge in [-0.3, -0.25) is 4.79 Å². The Morgan fingerprint density at radius 3 is 2.56 bits per heavy atom. The Bertz CT molecular complexity index is 1530. The Labute approximate surface area is 212 Å². The van der Waals surface area contributed by atoms with Crippen molar-refractivity contribution < 1.29 is 9.90 Å². The van der Waals surface area contributed by atoms with Crippen LogP contribution in [0, 0.1) is 6.92 Å². The minimum absolute atomic E-state index is 0.173. The van der Waals surface area contributed by atoms with Crippen LogP contribution in [0.4, 0.5) is 11.5 Å². The molecule has 0 aliphatic carbocycles. The number of anilines is 2. The predicted octanol–water partition coefficient (Wildman–Crippen LogP) is 5.86. The van der Waals surface area contributed by atoms with E-state index in [1.165, 1.54) is 18.1 Å². The third-order valence-corrected chi connectivity index (χ3v) is 6.58. The highest BCUT2D eigenvalue weighted by Crippen LogP contribution is 2.36. The van der Waals surface area contributed by atoms with Crippen LogP contribution in [-0.2, 0) is 6.54 Å². The summed E-state index contributed by atoms with van der Waals surface area (Å²) in [6.07, 6.45) is 1.47. The van der Waals surface area contributed by atoms with Gasteiger partial charge in [-0.2, -0.15) is 0 Å². The molecule has 7 nitrogen and oxygen atoms in total. The first-order valence-electron chi connectivity index (χ1n) is 11.3. The summed E-state index contributed by atoms with van der Waals surface area (Å²) in [6.45, 7) is 2.35. The van der Waals surface area contributed by atoms with E-state index in [1.54, 1.807) is 18.2 Å². The van der Waals surface area contributed by atoms with E-state index < -0.39 is 0 Å². The number of fused-ring (bicyclic) bond motifs is 1. The Morgan fingerprint density at radius 2 is 1.75 bits per heavy atom. The maximum absolute atomic E-state index is 13.0. The molecule has 2 heterocycles. The number of phenolic OH excluding ortho intramolecular Hbond substituents is 1. The fourth-order valence-corrected chi connectivity index (χ4v) is 4.53. The lowest BCUT2D eigenvalue weighted by Gasteiger charge is -2.15. The molecule has 0 saturated carbocycles. The van der Waals surface area contributed by atoms with Gasteiger partial charge in [0.25, 0.3) is 5.91 Å². The largest absolute Gasteiger partial charge is 0.508 e. The molecule has 8 heteroatoms. The van der Waals surface area contributed by atoms with Gasteiger partial charge in [0.2, 0.25) is 0 Å². The van der Waals surface area contributed by atoms with E-state index in [-0.39, 0.29) is 11.7 Å². The Hall–Kier alpha value is -4.43. The van der Waals surface area contributed by atoms with E-state index in [0.29, 0.717) is 23.6 Å². The fraction of sp³-hybridized carbons (Fsp3) is 0.0714. The van der Waals surface area contributed by atoms with Crippen LogP contribution in [0.2, 0.25) is 0 Å². The van der Waals surface area contributed by atoms with Gasteiger partial charge in [-0.25, -0.2) is 15.0 Å². The summed E-state index contributed by atoms with van der Waals surface area (Å²) >= 11 is 1.52. The first-order chi connectivity index (χ1) is 17.5. The smallest absolute Gasteiger partial charge is 0.251 e. The van der Waals surface area contributed by atoms with Crippen molar-refractivity contribution in [2.24, 2.45) is 0 Å². The standard InChI is InChI=1S/C28H23N5O2S/c1-18-7-13-23-26(32-18)30-17-31-27(23)33-24-15-20(28(35)29-16-19-5-3-2-4-6-19)8-14-25(24)36-22-11-9-21(34)10-12-22/h2-15,17,34H,16H2,1H3,(H,29,35)(H,30,31,32,33). The number of amides is 1. The lowest BCUT2D eigenvalue weighted by atomic mass is 10.1. The number of benzene rings is 3. The number of aromatic nitrogens is 3. The second-order valence-corrected chi connectivity index (χ2v) is 9.26. The number of carbonyl (C=O) groups is 1. The Morgan fingerprint density at radius 1 is 0.944 bits per heavy atom. The molecule has 0 aliphatic rings. The second kappa shape index (κ2) is 10.5. The van der Waals surface area contributed by atoms with Crippen molar-refractivity contribution in [1.82, 2.24) is 20.3 Å². The van der Waals surface area contributed by atoms with Crippen molar-refractivity contribution in [3.05, 3.63) is 108 Å². The van der Waals surface area contributed by atoms with Gasteiger partial charge in [0.15, 0.2) is 5.65 Å². The lowest BCUT2D eigenvalue weighted by Crippen LogP contribution is -2.22. The summed E-state index contributed by atoms with van der Waals surface area (Å²) in [5.41, 5.74) is 3.74. The number of aromatic hydroxyl groups is 1. The van der Waals surface area contributed by atoms with Crippen LogP contribution < -0.4 is 10.6 Å². The highest BCUT2D eigenvalue weighted by molar-refractivity contribution is 7.99. The molecule has 1 amide bonds. The van der Waals surface area contributed by atoms with Gasteiger partial charge in [0, 0.05) is 27.6 Å². The zero-order chi connectivity index (χ0) is 24.9. The number of hydrogen-bond acceptors (Lipinski definition) is 7. The number of nitrogens with one attached hydrogen (secondary N) is 2. The summed E-state index contributed by atoms with van der Waals surface area (Å²) in [7, 11) is 0. The summed E-state index contributed by atoms with van der Waals surface area (Å²) in [5.74, 6) is 0.633. The SMILES string of the molecule is Cc1ccc2c(Nc3cc(C(=O)NCc4ccccc4)ccc3Sc3ccc(O)cc3)ncnc2n1. The molecule has 178 valence electrons. The van der Waals surface area contributed by atoms with Crippen molar-refractivity contribution in [3.63, 3.8) is 0 Å². The topological polar surface area (TPSA) is 100 Å². The molecular weight excluding hydrogens is 470 g/mol. The number of hydrogen-bond donors (Lipinski definition) is 3. The molecule has 0 unspecified atom stereocenters. The third-order valence-electron chi connectivity index (χ3n) is 5.49. The van der Waals surface area contributed by atoms with Crippen molar-refractivity contribution in [3.8, 4) is 5.75 Å².